The van der Waals surface area contributed by atoms with Gasteiger partial charge < -0.3 is 10.8 Å². The highest BCUT2D eigenvalue weighted by atomic mass is 32.2. The van der Waals surface area contributed by atoms with Gasteiger partial charge >= 0.3 is 5.97 Å². The Kier molecular flexibility index (Phi) is 3.48. The van der Waals surface area contributed by atoms with Crippen LogP contribution in [0.15, 0.2) is 5.03 Å². The van der Waals surface area contributed by atoms with E-state index in [1.807, 2.05) is 0 Å². The number of nitrogens with two attached hydrogens (primary N) is 1. The molecule has 1 heterocycles. The first-order valence-corrected chi connectivity index (χ1v) is 6.17. The number of rotatable bonds is 5. The van der Waals surface area contributed by atoms with Gasteiger partial charge in [-0.1, -0.05) is 12.1 Å². The van der Waals surface area contributed by atoms with Crippen LogP contribution in [0.25, 0.3) is 0 Å². The van der Waals surface area contributed by atoms with Crippen LogP contribution in [0.2, 0.25) is 0 Å². The lowest BCUT2D eigenvalue weighted by Crippen LogP contribution is -2.11. The molecule has 16 heavy (non-hydrogen) atoms. The second kappa shape index (κ2) is 4.47. The third kappa shape index (κ3) is 2.48. The highest BCUT2D eigenvalue weighted by molar-refractivity contribution is 7.91. The van der Waals surface area contributed by atoms with Crippen LogP contribution in [-0.2, 0) is 21.2 Å². The first-order chi connectivity index (χ1) is 7.38. The molecule has 0 spiro atoms. The Morgan fingerprint density at radius 3 is 2.69 bits per heavy atom. The lowest BCUT2D eigenvalue weighted by atomic mass is 10.4. The van der Waals surface area contributed by atoms with Crippen molar-refractivity contribution in [1.29, 1.82) is 0 Å². The minimum atomic E-state index is -3.51. The number of sulfone groups is 1. The van der Waals surface area contributed by atoms with Crippen molar-refractivity contribution in [2.75, 3.05) is 11.5 Å². The van der Waals surface area contributed by atoms with Gasteiger partial charge in [0.15, 0.2) is 5.82 Å². The number of anilines is 1. The fourth-order valence-electron chi connectivity index (χ4n) is 1.03. The molecule has 0 aliphatic carbocycles. The van der Waals surface area contributed by atoms with Crippen LogP contribution in [0.5, 0.6) is 0 Å². The third-order valence-electron chi connectivity index (χ3n) is 1.95. The largest absolute Gasteiger partial charge is 0.481 e. The van der Waals surface area contributed by atoms with Crippen LogP contribution in [0, 0.1) is 0 Å². The van der Waals surface area contributed by atoms with Gasteiger partial charge in [0, 0.05) is 0 Å². The number of aliphatic carboxylic acids is 1. The van der Waals surface area contributed by atoms with Gasteiger partial charge in [0.05, 0.1) is 18.7 Å². The van der Waals surface area contributed by atoms with Gasteiger partial charge in [-0.05, 0) is 0 Å². The fraction of sp³-hybridized carbons (Fsp3) is 0.571. The molecule has 1 aromatic rings. The molecule has 90 valence electrons. The van der Waals surface area contributed by atoms with E-state index in [0.29, 0.717) is 0 Å². The molecule has 0 unspecified atom stereocenters. The van der Waals surface area contributed by atoms with E-state index in [4.69, 9.17) is 10.8 Å². The molecule has 3 N–H and O–H groups in total. The van der Waals surface area contributed by atoms with Crippen LogP contribution in [0.4, 0.5) is 5.82 Å². The second-order valence-electron chi connectivity index (χ2n) is 3.05. The van der Waals surface area contributed by atoms with Crippen molar-refractivity contribution >= 4 is 21.6 Å². The summed E-state index contributed by atoms with van der Waals surface area (Å²) in [7, 11) is -3.51. The number of carboxylic acid groups (broad SMARTS) is 1. The van der Waals surface area contributed by atoms with E-state index in [1.54, 1.807) is 0 Å². The van der Waals surface area contributed by atoms with Gasteiger partial charge in [0.25, 0.3) is 0 Å². The zero-order valence-corrected chi connectivity index (χ0v) is 9.44. The van der Waals surface area contributed by atoms with Crippen LogP contribution in [0.1, 0.15) is 13.3 Å². The van der Waals surface area contributed by atoms with E-state index >= 15 is 0 Å². The first-order valence-electron chi connectivity index (χ1n) is 4.52. The summed E-state index contributed by atoms with van der Waals surface area (Å²) in [6.07, 6.45) is -0.195. The monoisotopic (exact) mass is 248 g/mol. The molecule has 0 aromatic carbocycles. The molecule has 1 rings (SSSR count). The fourth-order valence-corrected chi connectivity index (χ4v) is 1.89. The second-order valence-corrected chi connectivity index (χ2v) is 5.24. The number of carboxylic acids is 1. The quantitative estimate of drug-likeness (QED) is 0.692. The molecule has 0 aliphatic heterocycles. The van der Waals surface area contributed by atoms with Crippen molar-refractivity contribution in [1.82, 2.24) is 15.0 Å². The van der Waals surface area contributed by atoms with Crippen molar-refractivity contribution in [3.8, 4) is 0 Å². The maximum absolute atomic E-state index is 11.5. The van der Waals surface area contributed by atoms with E-state index in [0.717, 1.165) is 4.68 Å². The Labute approximate surface area is 92.0 Å². The zero-order valence-electron chi connectivity index (χ0n) is 8.62. The van der Waals surface area contributed by atoms with Crippen LogP contribution in [-0.4, -0.2) is 40.2 Å². The Balaban J connectivity index is 2.97. The molecular formula is C7H12N4O4S. The van der Waals surface area contributed by atoms with E-state index in [2.05, 4.69) is 10.3 Å². The number of hydrogen-bond donors (Lipinski definition) is 2. The highest BCUT2D eigenvalue weighted by Gasteiger charge is 2.22. The average Bonchev–Trinajstić information content (AvgIpc) is 2.57. The van der Waals surface area contributed by atoms with Crippen molar-refractivity contribution in [2.45, 2.75) is 24.9 Å². The van der Waals surface area contributed by atoms with E-state index in [-0.39, 0.29) is 29.6 Å². The Morgan fingerprint density at radius 2 is 2.19 bits per heavy atom. The van der Waals surface area contributed by atoms with E-state index in [1.165, 1.54) is 6.92 Å². The normalized spacial score (nSPS) is 11.6. The smallest absolute Gasteiger partial charge is 0.305 e. The van der Waals surface area contributed by atoms with Gasteiger partial charge in [-0.2, -0.15) is 0 Å². The molecule has 0 radical (unpaired) electrons. The number of aryl methyl sites for hydroxylation is 1. The van der Waals surface area contributed by atoms with Gasteiger partial charge in [-0.3, -0.25) is 4.79 Å². The summed E-state index contributed by atoms with van der Waals surface area (Å²) < 4.78 is 24.0. The van der Waals surface area contributed by atoms with Gasteiger partial charge in [-0.15, -0.1) is 5.10 Å². The van der Waals surface area contributed by atoms with E-state index in [9.17, 15) is 13.2 Å². The molecule has 0 atom stereocenters. The molecule has 0 fully saturated rings. The lowest BCUT2D eigenvalue weighted by Gasteiger charge is -2.00. The van der Waals surface area contributed by atoms with Gasteiger partial charge in [0.1, 0.15) is 0 Å². The molecule has 1 aromatic heterocycles. The van der Waals surface area contributed by atoms with Crippen LogP contribution in [0.3, 0.4) is 0 Å². The number of nitrogens with zero attached hydrogens (tertiary/aromatic N) is 3. The molecule has 0 saturated heterocycles. The maximum Gasteiger partial charge on any atom is 0.305 e. The SMILES string of the molecule is CCS(=O)(=O)c1nnn(CCC(=O)O)c1N. The molecule has 0 saturated carbocycles. The first kappa shape index (κ1) is 12.4. The molecule has 8 nitrogen and oxygen atoms in total. The summed E-state index contributed by atoms with van der Waals surface area (Å²) in [5.41, 5.74) is 5.52. The Morgan fingerprint density at radius 1 is 1.56 bits per heavy atom. The summed E-state index contributed by atoms with van der Waals surface area (Å²) in [5.74, 6) is -1.27. The molecule has 0 aliphatic rings. The number of hydrogen-bond acceptors (Lipinski definition) is 6. The van der Waals surface area contributed by atoms with E-state index < -0.39 is 15.8 Å². The lowest BCUT2D eigenvalue weighted by molar-refractivity contribution is -0.137. The van der Waals surface area contributed by atoms with Crippen LogP contribution >= 0.6 is 0 Å². The van der Waals surface area contributed by atoms with Crippen molar-refractivity contribution in [3.63, 3.8) is 0 Å². The van der Waals surface area contributed by atoms with Crippen molar-refractivity contribution in [2.24, 2.45) is 0 Å². The molecule has 9 heteroatoms. The van der Waals surface area contributed by atoms with Gasteiger partial charge in [-0.25, -0.2) is 13.1 Å². The Hall–Kier alpha value is -1.64. The summed E-state index contributed by atoms with van der Waals surface area (Å²) in [6.45, 7) is 1.46. The summed E-state index contributed by atoms with van der Waals surface area (Å²) in [5, 5.41) is 15.1. The van der Waals surface area contributed by atoms with Crippen molar-refractivity contribution in [3.05, 3.63) is 0 Å². The third-order valence-corrected chi connectivity index (χ3v) is 3.59. The predicted octanol–water partition coefficient (Wildman–Crippen LogP) is -0.871. The molecular weight excluding hydrogens is 236 g/mol. The summed E-state index contributed by atoms with van der Waals surface area (Å²) in [4.78, 5) is 10.3. The minimum absolute atomic E-state index is 0.00655. The van der Waals surface area contributed by atoms with Crippen LogP contribution < -0.4 is 5.73 Å². The number of aromatic nitrogens is 3. The highest BCUT2D eigenvalue weighted by Crippen LogP contribution is 2.15. The maximum atomic E-state index is 11.5. The Bertz CT molecular complexity index is 492. The summed E-state index contributed by atoms with van der Waals surface area (Å²) in [6, 6.07) is 0. The van der Waals surface area contributed by atoms with Crippen molar-refractivity contribution < 1.29 is 18.3 Å². The minimum Gasteiger partial charge on any atom is -0.481 e. The number of carbonyl (C=O) groups is 1. The zero-order chi connectivity index (χ0) is 12.3. The average molecular weight is 248 g/mol. The molecule has 0 amide bonds. The molecule has 0 bridgehead atoms. The standard InChI is InChI=1S/C7H12N4O4S/c1-2-16(14,15)7-6(8)11(10-9-7)4-3-5(12)13/h2-4,8H2,1H3,(H,12,13). The topological polar surface area (TPSA) is 128 Å². The summed E-state index contributed by atoms with van der Waals surface area (Å²) >= 11 is 0. The number of nitrogen functional groups attached to an aromatic ring is 1. The van der Waals surface area contributed by atoms with Gasteiger partial charge in [0.2, 0.25) is 14.9 Å². The predicted molar refractivity (Wildman–Crippen MR) is 54.4 cm³/mol.